The highest BCUT2D eigenvalue weighted by Gasteiger charge is 2.33. The summed E-state index contributed by atoms with van der Waals surface area (Å²) in [5, 5.41) is 14.6. The number of primary amides is 1. The van der Waals surface area contributed by atoms with Gasteiger partial charge in [-0.2, -0.15) is 0 Å². The second-order valence-corrected chi connectivity index (χ2v) is 16.1. The number of carbonyl (C=O) groups is 6. The lowest BCUT2D eigenvalue weighted by Crippen LogP contribution is -2.60. The summed E-state index contributed by atoms with van der Waals surface area (Å²) in [5.41, 5.74) is 19.9. The summed E-state index contributed by atoms with van der Waals surface area (Å²) in [6.07, 6.45) is 6.71. The number of H-pyrrole nitrogens is 2. The van der Waals surface area contributed by atoms with Gasteiger partial charge in [0.1, 0.15) is 30.2 Å². The molecule has 59 heavy (non-hydrogen) atoms. The molecule has 13 N–H and O–H groups in total. The van der Waals surface area contributed by atoms with Crippen molar-refractivity contribution in [3.05, 3.63) is 90.1 Å². The van der Waals surface area contributed by atoms with Crippen LogP contribution in [0, 0.1) is 5.41 Å². The number of fused-ring (bicyclic) bond motifs is 1. The maximum atomic E-state index is 14.3. The van der Waals surface area contributed by atoms with Crippen LogP contribution in [0.1, 0.15) is 70.2 Å². The van der Waals surface area contributed by atoms with Crippen molar-refractivity contribution in [2.75, 3.05) is 6.54 Å². The molecule has 2 aromatic carbocycles. The molecular weight excluding hydrogens is 755 g/mol. The molecule has 0 saturated carbocycles. The minimum Gasteiger partial charge on any atom is -0.368 e. The molecule has 0 aliphatic heterocycles. The molecule has 0 aliphatic carbocycles. The number of unbranched alkanes of at least 4 members (excludes halogenated alkanes) is 1. The van der Waals surface area contributed by atoms with E-state index in [1.807, 2.05) is 51.1 Å². The molecule has 0 aliphatic rings. The van der Waals surface area contributed by atoms with Crippen molar-refractivity contribution in [2.45, 2.75) is 109 Å². The minimum absolute atomic E-state index is 0.0157. The SMILES string of the molecule is C[C@H](NC(=O)[C@H](CC(C)(C)C)NC(=O)[C@@H](N)Cc1cnc[nH]1)C(=O)N[C@@H](Cc1c[nH]c2ccccc12)C(=O)N[C@H](Cc1ccccc1)C(=O)N[C@@H](CCCCN)C(N)=O. The molecule has 17 nitrogen and oxygen atoms in total. The third kappa shape index (κ3) is 14.4. The number of amides is 6. The highest BCUT2D eigenvalue weighted by atomic mass is 16.2. The zero-order chi connectivity index (χ0) is 43.1. The first-order valence-electron chi connectivity index (χ1n) is 19.9. The van der Waals surface area contributed by atoms with Crippen LogP contribution in [0.4, 0.5) is 0 Å². The maximum Gasteiger partial charge on any atom is 0.243 e. The van der Waals surface area contributed by atoms with Gasteiger partial charge >= 0.3 is 0 Å². The molecule has 0 saturated heterocycles. The van der Waals surface area contributed by atoms with Crippen LogP contribution in [-0.4, -0.2) is 93.2 Å². The molecule has 0 bridgehead atoms. The minimum atomic E-state index is -1.23. The summed E-state index contributed by atoms with van der Waals surface area (Å²) in [6, 6.07) is 9.95. The summed E-state index contributed by atoms with van der Waals surface area (Å²) in [6.45, 7) is 7.61. The highest BCUT2D eigenvalue weighted by Crippen LogP contribution is 2.22. The molecule has 2 heterocycles. The van der Waals surface area contributed by atoms with Gasteiger partial charge in [0.05, 0.1) is 12.4 Å². The van der Waals surface area contributed by atoms with E-state index in [2.05, 4.69) is 41.5 Å². The smallest absolute Gasteiger partial charge is 0.243 e. The van der Waals surface area contributed by atoms with E-state index >= 15 is 0 Å². The number of nitrogens with zero attached hydrogens (tertiary/aromatic N) is 1. The first-order valence-corrected chi connectivity index (χ1v) is 19.9. The number of nitrogens with one attached hydrogen (secondary N) is 7. The fourth-order valence-electron chi connectivity index (χ4n) is 6.61. The average Bonchev–Trinajstić information content (AvgIpc) is 3.86. The number of rotatable bonds is 22. The Hall–Kier alpha value is -6.07. The van der Waals surface area contributed by atoms with Crippen LogP contribution < -0.4 is 43.8 Å². The number of hydrogen-bond acceptors (Lipinski definition) is 9. The third-order valence-electron chi connectivity index (χ3n) is 9.79. The quantitative estimate of drug-likeness (QED) is 0.0500. The van der Waals surface area contributed by atoms with E-state index in [4.69, 9.17) is 17.2 Å². The second-order valence-electron chi connectivity index (χ2n) is 16.1. The Balaban J connectivity index is 1.55. The highest BCUT2D eigenvalue weighted by molar-refractivity contribution is 5.97. The number of hydrogen-bond donors (Lipinski definition) is 10. The van der Waals surface area contributed by atoms with Gasteiger partial charge in [0, 0.05) is 48.3 Å². The van der Waals surface area contributed by atoms with Crippen molar-refractivity contribution in [3.8, 4) is 0 Å². The number of imidazole rings is 1. The monoisotopic (exact) mass is 813 g/mol. The van der Waals surface area contributed by atoms with E-state index in [0.29, 0.717) is 25.1 Å². The zero-order valence-corrected chi connectivity index (χ0v) is 34.2. The van der Waals surface area contributed by atoms with Crippen LogP contribution in [0.3, 0.4) is 0 Å². The normalized spacial score (nSPS) is 14.5. The van der Waals surface area contributed by atoms with Crippen molar-refractivity contribution >= 4 is 46.3 Å². The van der Waals surface area contributed by atoms with Gasteiger partial charge in [-0.25, -0.2) is 4.98 Å². The van der Waals surface area contributed by atoms with Crippen molar-refractivity contribution in [3.63, 3.8) is 0 Å². The summed E-state index contributed by atoms with van der Waals surface area (Å²) in [5.74, 6) is -3.88. The number of para-hydroxylation sites is 1. The molecule has 0 fully saturated rings. The van der Waals surface area contributed by atoms with Gasteiger partial charge in [0.2, 0.25) is 35.4 Å². The Labute approximate surface area is 344 Å². The predicted octanol–water partition coefficient (Wildman–Crippen LogP) is 0.741. The molecule has 4 aromatic rings. The summed E-state index contributed by atoms with van der Waals surface area (Å²) < 4.78 is 0. The van der Waals surface area contributed by atoms with Gasteiger partial charge in [0.15, 0.2) is 0 Å². The molecular formula is C42H59N11O6. The number of carbonyl (C=O) groups excluding carboxylic acids is 6. The second kappa shape index (κ2) is 21.6. The molecule has 17 heteroatoms. The molecule has 0 unspecified atom stereocenters. The molecule has 0 radical (unpaired) electrons. The number of aromatic amines is 2. The van der Waals surface area contributed by atoms with Crippen molar-refractivity contribution in [2.24, 2.45) is 22.6 Å². The fraction of sp³-hybridized carbons (Fsp3) is 0.452. The van der Waals surface area contributed by atoms with Crippen molar-refractivity contribution < 1.29 is 28.8 Å². The van der Waals surface area contributed by atoms with Crippen LogP contribution in [0.15, 0.2) is 73.3 Å². The van der Waals surface area contributed by atoms with Crippen molar-refractivity contribution in [1.82, 2.24) is 41.5 Å². The van der Waals surface area contributed by atoms with Crippen LogP contribution in [0.2, 0.25) is 0 Å². The molecule has 0 spiro atoms. The van der Waals surface area contributed by atoms with E-state index in [1.54, 1.807) is 36.7 Å². The fourth-order valence-corrected chi connectivity index (χ4v) is 6.61. The Morgan fingerprint density at radius 2 is 1.32 bits per heavy atom. The van der Waals surface area contributed by atoms with Gasteiger partial charge in [-0.1, -0.05) is 69.3 Å². The average molecular weight is 814 g/mol. The van der Waals surface area contributed by atoms with Gasteiger partial charge in [-0.05, 0) is 61.8 Å². The van der Waals surface area contributed by atoms with E-state index in [9.17, 15) is 28.8 Å². The van der Waals surface area contributed by atoms with E-state index in [1.165, 1.54) is 13.3 Å². The predicted molar refractivity (Wildman–Crippen MR) is 224 cm³/mol. The largest absolute Gasteiger partial charge is 0.368 e. The summed E-state index contributed by atoms with van der Waals surface area (Å²) >= 11 is 0. The van der Waals surface area contributed by atoms with Crippen LogP contribution >= 0.6 is 0 Å². The molecule has 4 rings (SSSR count). The zero-order valence-electron chi connectivity index (χ0n) is 34.2. The van der Waals surface area contributed by atoms with Gasteiger partial charge in [0.25, 0.3) is 0 Å². The Kier molecular flexibility index (Phi) is 16.7. The van der Waals surface area contributed by atoms with Gasteiger partial charge in [-0.15, -0.1) is 0 Å². The summed E-state index contributed by atoms with van der Waals surface area (Å²) in [4.78, 5) is 91.2. The lowest BCUT2D eigenvalue weighted by Gasteiger charge is -2.28. The lowest BCUT2D eigenvalue weighted by atomic mass is 9.87. The first-order chi connectivity index (χ1) is 28.0. The topological polar surface area (TPSA) is 285 Å². The van der Waals surface area contributed by atoms with Crippen LogP contribution in [-0.2, 0) is 48.0 Å². The van der Waals surface area contributed by atoms with Gasteiger partial charge < -0.3 is 53.8 Å². The molecule has 2 aromatic heterocycles. The molecule has 318 valence electrons. The number of aromatic nitrogens is 3. The molecule has 6 amide bonds. The van der Waals surface area contributed by atoms with Crippen LogP contribution in [0.5, 0.6) is 0 Å². The number of nitrogens with two attached hydrogens (primary N) is 3. The Morgan fingerprint density at radius 1 is 0.712 bits per heavy atom. The molecule has 6 atom stereocenters. The standard InChI is InChI=1S/C42H59N11O6/c1-25(49-41(59)35(21-42(2,3)4)53-38(56)30(44)20-28-23-46-24-48-28)37(55)51-34(19-27-22-47-31-15-9-8-14-29(27)31)40(58)52-33(18-26-12-6-5-7-13-26)39(57)50-32(36(45)54)16-10-11-17-43/h5-9,12-15,22-25,30,32-35,47H,10-11,16-21,43-44H2,1-4H3,(H2,45,54)(H,46,48)(H,49,59)(H,50,57)(H,51,55)(H,52,58)(H,53,56)/t25-,30-,32-,33+,34-,35-/m0/s1. The van der Waals surface area contributed by atoms with Gasteiger partial charge in [-0.3, -0.25) is 28.8 Å². The third-order valence-corrected chi connectivity index (χ3v) is 9.79. The maximum absolute atomic E-state index is 14.3. The number of benzene rings is 2. The van der Waals surface area contributed by atoms with E-state index in [-0.39, 0.29) is 32.1 Å². The lowest BCUT2D eigenvalue weighted by molar-refractivity contribution is -0.135. The van der Waals surface area contributed by atoms with E-state index < -0.39 is 77.1 Å². The first kappa shape index (κ1) is 45.6. The Bertz CT molecular complexity index is 2010. The van der Waals surface area contributed by atoms with Crippen LogP contribution in [0.25, 0.3) is 10.9 Å². The summed E-state index contributed by atoms with van der Waals surface area (Å²) in [7, 11) is 0. The Morgan fingerprint density at radius 3 is 1.97 bits per heavy atom. The van der Waals surface area contributed by atoms with Crippen molar-refractivity contribution in [1.29, 1.82) is 0 Å². The van der Waals surface area contributed by atoms with E-state index in [0.717, 1.165) is 22.0 Å².